The van der Waals surface area contributed by atoms with Gasteiger partial charge in [-0.05, 0) is 18.2 Å². The summed E-state index contributed by atoms with van der Waals surface area (Å²) < 4.78 is 0.330. The first-order valence-corrected chi connectivity index (χ1v) is 7.94. The van der Waals surface area contributed by atoms with Crippen molar-refractivity contribution in [3.8, 4) is 0 Å². The van der Waals surface area contributed by atoms with Crippen LogP contribution >= 0.6 is 24.0 Å². The number of para-hydroxylation sites is 2. The largest absolute Gasteiger partial charge is 0.550 e. The fourth-order valence-corrected chi connectivity index (χ4v) is 3.36. The van der Waals surface area contributed by atoms with Gasteiger partial charge in [0.15, 0.2) is 0 Å². The molecule has 1 fully saturated rings. The minimum Gasteiger partial charge on any atom is -0.550 e. The minimum atomic E-state index is -1.22. The van der Waals surface area contributed by atoms with Crippen molar-refractivity contribution in [3.63, 3.8) is 0 Å². The van der Waals surface area contributed by atoms with E-state index in [1.807, 2.05) is 24.3 Å². The van der Waals surface area contributed by atoms with Crippen LogP contribution in [0.5, 0.6) is 0 Å². The molecule has 0 radical (unpaired) electrons. The highest BCUT2D eigenvalue weighted by molar-refractivity contribution is 8.26. The molecule has 1 aliphatic heterocycles. The number of rotatable bonds is 4. The van der Waals surface area contributed by atoms with Crippen molar-refractivity contribution in [3.05, 3.63) is 41.1 Å². The Hall–Kier alpha value is -2.32. The van der Waals surface area contributed by atoms with Gasteiger partial charge in [0.2, 0.25) is 0 Å². The molecule has 0 saturated carbocycles. The second kappa shape index (κ2) is 6.43. The topological polar surface area (TPSA) is 86.2 Å². The lowest BCUT2D eigenvalue weighted by Gasteiger charge is -2.14. The molecule has 0 aliphatic carbocycles. The van der Waals surface area contributed by atoms with Crippen molar-refractivity contribution in [2.24, 2.45) is 0 Å². The monoisotopic (exact) mass is 344 g/mol. The zero-order chi connectivity index (χ0) is 16.4. The number of hydrogen-bond donors (Lipinski definition) is 0. The molecular formula is C15H10N3O3S2-. The van der Waals surface area contributed by atoms with Gasteiger partial charge in [0, 0.05) is 18.9 Å². The summed E-state index contributed by atoms with van der Waals surface area (Å²) in [5.74, 6) is -1.54. The molecule has 1 aromatic carbocycles. The maximum atomic E-state index is 12.3. The molecule has 23 heavy (non-hydrogen) atoms. The number of carboxylic acid groups (broad SMARTS) is 1. The normalized spacial score (nSPS) is 16.5. The van der Waals surface area contributed by atoms with Gasteiger partial charge in [-0.25, -0.2) is 4.98 Å². The van der Waals surface area contributed by atoms with Crippen LogP contribution in [0, 0.1) is 0 Å². The van der Waals surface area contributed by atoms with E-state index in [9.17, 15) is 14.7 Å². The highest BCUT2D eigenvalue weighted by Gasteiger charge is 2.31. The van der Waals surface area contributed by atoms with Crippen LogP contribution in [0.15, 0.2) is 35.4 Å². The van der Waals surface area contributed by atoms with Gasteiger partial charge in [-0.1, -0.05) is 36.1 Å². The highest BCUT2D eigenvalue weighted by atomic mass is 32.2. The zero-order valence-electron chi connectivity index (χ0n) is 11.8. The maximum Gasteiger partial charge on any atom is 0.266 e. The van der Waals surface area contributed by atoms with E-state index in [-0.39, 0.29) is 18.9 Å². The average Bonchev–Trinajstić information content (AvgIpc) is 2.79. The number of carbonyl (C=O) groups is 2. The maximum absolute atomic E-state index is 12.3. The lowest BCUT2D eigenvalue weighted by molar-refractivity contribution is -0.305. The smallest absolute Gasteiger partial charge is 0.266 e. The summed E-state index contributed by atoms with van der Waals surface area (Å²) >= 11 is 6.24. The number of thiocarbonyl (C=S) groups is 1. The molecule has 116 valence electrons. The minimum absolute atomic E-state index is 0.00768. The number of aliphatic carboxylic acids is 1. The summed E-state index contributed by atoms with van der Waals surface area (Å²) in [7, 11) is 0. The Bertz CT molecular complexity index is 851. The van der Waals surface area contributed by atoms with E-state index in [4.69, 9.17) is 12.2 Å². The molecule has 0 spiro atoms. The quantitative estimate of drug-likeness (QED) is 0.603. The van der Waals surface area contributed by atoms with Crippen molar-refractivity contribution in [2.45, 2.75) is 6.42 Å². The van der Waals surface area contributed by atoms with Gasteiger partial charge in [0.25, 0.3) is 5.91 Å². The Morgan fingerprint density at radius 2 is 2.09 bits per heavy atom. The van der Waals surface area contributed by atoms with E-state index >= 15 is 0 Å². The fourth-order valence-electron chi connectivity index (χ4n) is 2.07. The van der Waals surface area contributed by atoms with Gasteiger partial charge in [-0.15, -0.1) is 0 Å². The summed E-state index contributed by atoms with van der Waals surface area (Å²) in [4.78, 5) is 33.2. The van der Waals surface area contributed by atoms with Crippen molar-refractivity contribution >= 4 is 57.3 Å². The molecule has 0 atom stereocenters. The Balaban J connectivity index is 1.85. The summed E-state index contributed by atoms with van der Waals surface area (Å²) in [6.07, 6.45) is 2.93. The third-order valence-corrected chi connectivity index (χ3v) is 4.54. The summed E-state index contributed by atoms with van der Waals surface area (Å²) in [6, 6.07) is 7.43. The molecule has 1 aliphatic rings. The standard InChI is InChI=1S/C15H11N3O3S2/c19-13(20)5-6-18-14(21)12(23-15(18)22)7-9-8-16-10-3-1-2-4-11(10)17-9/h1-4,7-8H,5-6H2,(H,19,20)/p-1/b12-7-. The molecule has 3 rings (SSSR count). The van der Waals surface area contributed by atoms with E-state index in [1.165, 1.54) is 4.90 Å². The van der Waals surface area contributed by atoms with Gasteiger partial charge in [0.1, 0.15) is 4.32 Å². The third-order valence-electron chi connectivity index (χ3n) is 3.16. The van der Waals surface area contributed by atoms with Crippen LogP contribution in [0.3, 0.4) is 0 Å². The van der Waals surface area contributed by atoms with Gasteiger partial charge >= 0.3 is 0 Å². The molecule has 1 aromatic heterocycles. The van der Waals surface area contributed by atoms with E-state index in [1.54, 1.807) is 12.3 Å². The number of nitrogens with zero attached hydrogens (tertiary/aromatic N) is 3. The van der Waals surface area contributed by atoms with Crippen LogP contribution in [0.25, 0.3) is 17.1 Å². The third kappa shape index (κ3) is 3.38. The molecule has 0 N–H and O–H groups in total. The SMILES string of the molecule is O=C([O-])CCN1C(=O)/C(=C/c2cnc3ccccc3n2)SC1=S. The van der Waals surface area contributed by atoms with Crippen LogP contribution in [0.4, 0.5) is 0 Å². The summed E-state index contributed by atoms with van der Waals surface area (Å²) in [5, 5.41) is 10.5. The van der Waals surface area contributed by atoms with Crippen molar-refractivity contribution < 1.29 is 14.7 Å². The van der Waals surface area contributed by atoms with Gasteiger partial charge in [0.05, 0.1) is 27.8 Å². The number of thioether (sulfide) groups is 1. The number of aromatic nitrogens is 2. The van der Waals surface area contributed by atoms with Crippen LogP contribution in [-0.2, 0) is 9.59 Å². The van der Waals surface area contributed by atoms with Crippen LogP contribution in [-0.4, -0.2) is 37.6 Å². The number of carboxylic acids is 1. The molecule has 2 heterocycles. The van der Waals surface area contributed by atoms with E-state index in [2.05, 4.69) is 9.97 Å². The van der Waals surface area contributed by atoms with E-state index in [0.29, 0.717) is 14.9 Å². The van der Waals surface area contributed by atoms with Crippen LogP contribution in [0.2, 0.25) is 0 Å². The van der Waals surface area contributed by atoms with Crippen LogP contribution < -0.4 is 5.11 Å². The second-order valence-electron chi connectivity index (χ2n) is 4.74. The molecule has 2 aromatic rings. The molecule has 8 heteroatoms. The number of hydrogen-bond acceptors (Lipinski definition) is 7. The predicted molar refractivity (Wildman–Crippen MR) is 89.0 cm³/mol. The lowest BCUT2D eigenvalue weighted by atomic mass is 10.3. The number of benzene rings is 1. The molecule has 6 nitrogen and oxygen atoms in total. The Morgan fingerprint density at radius 1 is 1.35 bits per heavy atom. The first-order chi connectivity index (χ1) is 11.0. The van der Waals surface area contributed by atoms with Crippen molar-refractivity contribution in [1.29, 1.82) is 0 Å². The predicted octanol–water partition coefficient (Wildman–Crippen LogP) is 0.971. The van der Waals surface area contributed by atoms with E-state index < -0.39 is 5.97 Å². The molecule has 1 saturated heterocycles. The molecular weight excluding hydrogens is 334 g/mol. The second-order valence-corrected chi connectivity index (χ2v) is 6.41. The fraction of sp³-hybridized carbons (Fsp3) is 0.133. The van der Waals surface area contributed by atoms with Gasteiger partial charge < -0.3 is 9.90 Å². The van der Waals surface area contributed by atoms with Crippen molar-refractivity contribution in [1.82, 2.24) is 14.9 Å². The first-order valence-electron chi connectivity index (χ1n) is 6.71. The molecule has 1 amide bonds. The van der Waals surface area contributed by atoms with Gasteiger partial charge in [-0.3, -0.25) is 14.7 Å². The van der Waals surface area contributed by atoms with Crippen molar-refractivity contribution in [2.75, 3.05) is 6.54 Å². The number of fused-ring (bicyclic) bond motifs is 1. The summed E-state index contributed by atoms with van der Waals surface area (Å²) in [5.41, 5.74) is 2.05. The number of amides is 1. The molecule has 0 bridgehead atoms. The summed E-state index contributed by atoms with van der Waals surface area (Å²) in [6.45, 7) is 0.00768. The van der Waals surface area contributed by atoms with Gasteiger partial charge in [-0.2, -0.15) is 0 Å². The van der Waals surface area contributed by atoms with E-state index in [0.717, 1.165) is 22.8 Å². The highest BCUT2D eigenvalue weighted by Crippen LogP contribution is 2.32. The Labute approximate surface area is 141 Å². The molecule has 0 unspecified atom stereocenters. The Morgan fingerprint density at radius 3 is 2.83 bits per heavy atom. The zero-order valence-corrected chi connectivity index (χ0v) is 13.4. The lowest BCUT2D eigenvalue weighted by Crippen LogP contribution is -2.33. The number of carbonyl (C=O) groups excluding carboxylic acids is 2. The first kappa shape index (κ1) is 15.6. The Kier molecular flexibility index (Phi) is 4.35. The van der Waals surface area contributed by atoms with Crippen LogP contribution in [0.1, 0.15) is 12.1 Å². The average molecular weight is 344 g/mol.